The Hall–Kier alpha value is -1.33. The number of rotatable bonds is 6. The number of hydrogen-bond donors (Lipinski definition) is 1. The van der Waals surface area contributed by atoms with Crippen LogP contribution < -0.4 is 10.1 Å². The molecule has 0 atom stereocenters. The van der Waals surface area contributed by atoms with E-state index in [-0.39, 0.29) is 0 Å². The molecular weight excluding hydrogens is 296 g/mol. The van der Waals surface area contributed by atoms with Crippen LogP contribution in [-0.2, 0) is 6.54 Å². The van der Waals surface area contributed by atoms with Gasteiger partial charge in [0.25, 0.3) is 0 Å². The molecule has 1 aromatic heterocycles. The fourth-order valence-corrected chi connectivity index (χ4v) is 1.71. The van der Waals surface area contributed by atoms with Gasteiger partial charge in [-0.25, -0.2) is 4.98 Å². The lowest BCUT2D eigenvalue weighted by Crippen LogP contribution is -2.20. The second kappa shape index (κ2) is 6.56. The van der Waals surface area contributed by atoms with E-state index in [1.54, 1.807) is 6.20 Å². The van der Waals surface area contributed by atoms with Gasteiger partial charge in [0.05, 0.1) is 12.7 Å². The molecule has 1 aromatic carbocycles. The van der Waals surface area contributed by atoms with Crippen LogP contribution >= 0.6 is 15.9 Å². The molecule has 2 aromatic rings. The van der Waals surface area contributed by atoms with Gasteiger partial charge >= 0.3 is 0 Å². The number of ether oxygens (including phenoxy) is 1. The summed E-state index contributed by atoms with van der Waals surface area (Å²) in [6, 6.07) is 7.78. The van der Waals surface area contributed by atoms with Crippen molar-refractivity contribution in [3.8, 4) is 5.75 Å². The van der Waals surface area contributed by atoms with Crippen molar-refractivity contribution in [3.63, 3.8) is 0 Å². The Morgan fingerprint density at radius 2 is 2.11 bits per heavy atom. The monoisotopic (exact) mass is 310 g/mol. The molecule has 0 unspecified atom stereocenters. The van der Waals surface area contributed by atoms with Crippen molar-refractivity contribution < 1.29 is 9.15 Å². The van der Waals surface area contributed by atoms with Crippen molar-refractivity contribution in [2.75, 3.05) is 13.2 Å². The molecule has 1 heterocycles. The van der Waals surface area contributed by atoms with Gasteiger partial charge in [0.1, 0.15) is 18.1 Å². The van der Waals surface area contributed by atoms with Gasteiger partial charge in [-0.2, -0.15) is 0 Å². The third-order valence-electron chi connectivity index (χ3n) is 2.31. The second-order valence-corrected chi connectivity index (χ2v) is 4.76. The van der Waals surface area contributed by atoms with Gasteiger partial charge in [0, 0.05) is 11.0 Å². The Bertz CT molecular complexity index is 482. The molecule has 0 amide bonds. The minimum atomic E-state index is 0.612. The number of hydrogen-bond acceptors (Lipinski definition) is 4. The normalized spacial score (nSPS) is 10.6. The van der Waals surface area contributed by atoms with E-state index >= 15 is 0 Å². The van der Waals surface area contributed by atoms with Gasteiger partial charge < -0.3 is 14.5 Å². The van der Waals surface area contributed by atoms with Crippen LogP contribution in [0.5, 0.6) is 5.75 Å². The van der Waals surface area contributed by atoms with E-state index in [4.69, 9.17) is 9.15 Å². The molecule has 0 spiro atoms. The van der Waals surface area contributed by atoms with Crippen molar-refractivity contribution in [1.82, 2.24) is 10.3 Å². The van der Waals surface area contributed by atoms with Crippen LogP contribution in [0.15, 0.2) is 39.4 Å². The zero-order chi connectivity index (χ0) is 12.8. The van der Waals surface area contributed by atoms with Crippen molar-refractivity contribution in [2.45, 2.75) is 13.5 Å². The molecule has 0 saturated heterocycles. The molecule has 2 rings (SSSR count). The van der Waals surface area contributed by atoms with Crippen molar-refractivity contribution in [3.05, 3.63) is 46.6 Å². The molecule has 0 aliphatic heterocycles. The Morgan fingerprint density at radius 3 is 2.78 bits per heavy atom. The third-order valence-corrected chi connectivity index (χ3v) is 2.84. The highest BCUT2D eigenvalue weighted by Gasteiger charge is 1.99. The zero-order valence-electron chi connectivity index (χ0n) is 10.1. The summed E-state index contributed by atoms with van der Waals surface area (Å²) >= 11 is 3.38. The summed E-state index contributed by atoms with van der Waals surface area (Å²) in [6.45, 7) is 3.86. The van der Waals surface area contributed by atoms with Gasteiger partial charge in [-0.1, -0.05) is 15.9 Å². The highest BCUT2D eigenvalue weighted by molar-refractivity contribution is 9.10. The highest BCUT2D eigenvalue weighted by atomic mass is 79.9. The number of aryl methyl sites for hydroxylation is 1. The van der Waals surface area contributed by atoms with E-state index in [0.29, 0.717) is 19.0 Å². The molecule has 0 saturated carbocycles. The number of oxazole rings is 1. The minimum absolute atomic E-state index is 0.612. The maximum atomic E-state index is 5.57. The van der Waals surface area contributed by atoms with Gasteiger partial charge in [0.2, 0.25) is 5.89 Å². The Balaban J connectivity index is 1.63. The molecule has 0 aliphatic rings. The average Bonchev–Trinajstić information content (AvgIpc) is 2.77. The fraction of sp³-hybridized carbons (Fsp3) is 0.308. The summed E-state index contributed by atoms with van der Waals surface area (Å²) in [5.74, 6) is 2.40. The van der Waals surface area contributed by atoms with Gasteiger partial charge in [-0.05, 0) is 31.2 Å². The first kappa shape index (κ1) is 13.1. The van der Waals surface area contributed by atoms with E-state index in [1.165, 1.54) is 0 Å². The molecule has 5 heteroatoms. The van der Waals surface area contributed by atoms with Crippen LogP contribution in [0.2, 0.25) is 0 Å². The van der Waals surface area contributed by atoms with Gasteiger partial charge in [-0.3, -0.25) is 0 Å². The molecule has 0 radical (unpaired) electrons. The van der Waals surface area contributed by atoms with E-state index in [1.807, 2.05) is 31.2 Å². The number of aromatic nitrogens is 1. The predicted molar refractivity (Wildman–Crippen MR) is 72.6 cm³/mol. The summed E-state index contributed by atoms with van der Waals surface area (Å²) in [5, 5.41) is 3.21. The number of benzene rings is 1. The second-order valence-electron chi connectivity index (χ2n) is 3.84. The van der Waals surface area contributed by atoms with Crippen LogP contribution in [0.1, 0.15) is 11.7 Å². The van der Waals surface area contributed by atoms with Crippen LogP contribution in [0.25, 0.3) is 0 Å². The first-order valence-corrected chi connectivity index (χ1v) is 6.54. The largest absolute Gasteiger partial charge is 0.492 e. The molecule has 0 fully saturated rings. The summed E-state index contributed by atoms with van der Waals surface area (Å²) in [4.78, 5) is 4.11. The lowest BCUT2D eigenvalue weighted by atomic mass is 10.3. The van der Waals surface area contributed by atoms with Crippen LogP contribution in [0.3, 0.4) is 0 Å². The van der Waals surface area contributed by atoms with Crippen LogP contribution in [0, 0.1) is 6.92 Å². The van der Waals surface area contributed by atoms with E-state index in [2.05, 4.69) is 26.2 Å². The summed E-state index contributed by atoms with van der Waals surface area (Å²) in [7, 11) is 0. The quantitative estimate of drug-likeness (QED) is 0.833. The molecule has 18 heavy (non-hydrogen) atoms. The van der Waals surface area contributed by atoms with E-state index in [0.717, 1.165) is 22.5 Å². The van der Waals surface area contributed by atoms with E-state index in [9.17, 15) is 0 Å². The predicted octanol–water partition coefficient (Wildman–Crippen LogP) is 2.91. The smallest absolute Gasteiger partial charge is 0.208 e. The van der Waals surface area contributed by atoms with Crippen LogP contribution in [-0.4, -0.2) is 18.1 Å². The first-order chi connectivity index (χ1) is 8.74. The van der Waals surface area contributed by atoms with Crippen molar-refractivity contribution in [1.29, 1.82) is 0 Å². The minimum Gasteiger partial charge on any atom is -0.492 e. The number of nitrogens with zero attached hydrogens (tertiary/aromatic N) is 1. The van der Waals surface area contributed by atoms with E-state index < -0.39 is 0 Å². The molecule has 0 bridgehead atoms. The third kappa shape index (κ3) is 4.16. The first-order valence-electron chi connectivity index (χ1n) is 5.74. The summed E-state index contributed by atoms with van der Waals surface area (Å²) in [6.07, 6.45) is 1.72. The summed E-state index contributed by atoms with van der Waals surface area (Å²) < 4.78 is 12.0. The topological polar surface area (TPSA) is 47.3 Å². The lowest BCUT2D eigenvalue weighted by molar-refractivity contribution is 0.310. The van der Waals surface area contributed by atoms with Gasteiger partial charge in [-0.15, -0.1) is 0 Å². The zero-order valence-corrected chi connectivity index (χ0v) is 11.7. The molecule has 4 nitrogen and oxygen atoms in total. The Kier molecular flexibility index (Phi) is 4.78. The van der Waals surface area contributed by atoms with Gasteiger partial charge in [0.15, 0.2) is 0 Å². The van der Waals surface area contributed by atoms with Crippen molar-refractivity contribution in [2.24, 2.45) is 0 Å². The maximum absolute atomic E-state index is 5.57. The van der Waals surface area contributed by atoms with Crippen LogP contribution in [0.4, 0.5) is 0 Å². The van der Waals surface area contributed by atoms with Crippen molar-refractivity contribution >= 4 is 15.9 Å². The molecule has 1 N–H and O–H groups in total. The lowest BCUT2D eigenvalue weighted by Gasteiger charge is -2.06. The maximum Gasteiger partial charge on any atom is 0.208 e. The highest BCUT2D eigenvalue weighted by Crippen LogP contribution is 2.15. The average molecular weight is 311 g/mol. The standard InChI is InChI=1S/C13H15BrN2O2/c1-10-8-16-13(18-10)9-15-6-7-17-12-4-2-11(14)3-5-12/h2-5,8,15H,6-7,9H2,1H3. The molecule has 96 valence electrons. The molecular formula is C13H15BrN2O2. The summed E-state index contributed by atoms with van der Waals surface area (Å²) in [5.41, 5.74) is 0. The fourth-order valence-electron chi connectivity index (χ4n) is 1.45. The number of nitrogens with one attached hydrogen (secondary N) is 1. The Morgan fingerprint density at radius 1 is 1.33 bits per heavy atom. The SMILES string of the molecule is Cc1cnc(CNCCOc2ccc(Br)cc2)o1. The number of halogens is 1. The molecule has 0 aliphatic carbocycles. The Labute approximate surface area is 114 Å².